The van der Waals surface area contributed by atoms with Crippen molar-refractivity contribution in [3.63, 3.8) is 0 Å². The van der Waals surface area contributed by atoms with Crippen LogP contribution in [-0.2, 0) is 11.3 Å². The number of carbonyl (C=O) groups excluding carboxylic acids is 1. The van der Waals surface area contributed by atoms with Crippen molar-refractivity contribution in [2.24, 2.45) is 0 Å². The molecule has 0 aliphatic heterocycles. The van der Waals surface area contributed by atoms with Gasteiger partial charge in [0.15, 0.2) is 0 Å². The summed E-state index contributed by atoms with van der Waals surface area (Å²) in [5, 5.41) is 6.21. The summed E-state index contributed by atoms with van der Waals surface area (Å²) in [4.78, 5) is 12.4. The van der Waals surface area contributed by atoms with Crippen molar-refractivity contribution in [2.45, 2.75) is 18.4 Å². The van der Waals surface area contributed by atoms with Gasteiger partial charge < -0.3 is 10.6 Å². The fraction of sp³-hybridized carbons (Fsp3) is 0.188. The van der Waals surface area contributed by atoms with Crippen LogP contribution in [0.15, 0.2) is 53.4 Å². The molecule has 0 fully saturated rings. The number of nitrogens with one attached hydrogen (secondary N) is 2. The Morgan fingerprint density at radius 3 is 2.45 bits per heavy atom. The number of thioether (sulfide) groups is 1. The molecule has 0 spiro atoms. The molecule has 0 saturated carbocycles. The molecule has 4 heteroatoms. The van der Waals surface area contributed by atoms with Gasteiger partial charge in [-0.05, 0) is 42.2 Å². The molecule has 0 atom stereocenters. The Kier molecular flexibility index (Phi) is 5.07. The number of anilines is 2. The topological polar surface area (TPSA) is 41.1 Å². The highest BCUT2D eigenvalue weighted by Crippen LogP contribution is 2.20. The predicted molar refractivity (Wildman–Crippen MR) is 86.3 cm³/mol. The first-order valence-corrected chi connectivity index (χ1v) is 7.65. The molecule has 0 saturated heterocycles. The standard InChI is InChI=1S/C16H18N2OS/c1-12(19)18-16-6-4-3-5-13(16)11-17-14-7-9-15(20-2)10-8-14/h3-10,17H,11H2,1-2H3,(H,18,19). The maximum absolute atomic E-state index is 11.2. The smallest absolute Gasteiger partial charge is 0.221 e. The van der Waals surface area contributed by atoms with Gasteiger partial charge in [-0.2, -0.15) is 0 Å². The predicted octanol–water partition coefficient (Wildman–Crippen LogP) is 3.98. The third-order valence-corrected chi connectivity index (χ3v) is 3.64. The van der Waals surface area contributed by atoms with E-state index in [0.29, 0.717) is 6.54 Å². The molecule has 2 aromatic rings. The van der Waals surface area contributed by atoms with Gasteiger partial charge in [0.05, 0.1) is 0 Å². The number of amides is 1. The fourth-order valence-corrected chi connectivity index (χ4v) is 2.30. The highest BCUT2D eigenvalue weighted by Gasteiger charge is 2.03. The van der Waals surface area contributed by atoms with Gasteiger partial charge >= 0.3 is 0 Å². The van der Waals surface area contributed by atoms with Crippen LogP contribution in [0.2, 0.25) is 0 Å². The second kappa shape index (κ2) is 7.01. The summed E-state index contributed by atoms with van der Waals surface area (Å²) in [7, 11) is 0. The van der Waals surface area contributed by atoms with E-state index in [1.54, 1.807) is 11.8 Å². The molecule has 2 rings (SSSR count). The molecular formula is C16H18N2OS. The van der Waals surface area contributed by atoms with Gasteiger partial charge in [0.25, 0.3) is 0 Å². The van der Waals surface area contributed by atoms with E-state index in [2.05, 4.69) is 41.2 Å². The summed E-state index contributed by atoms with van der Waals surface area (Å²) in [6, 6.07) is 16.1. The van der Waals surface area contributed by atoms with E-state index < -0.39 is 0 Å². The van der Waals surface area contributed by atoms with Crippen molar-refractivity contribution in [3.8, 4) is 0 Å². The van der Waals surface area contributed by atoms with Crippen LogP contribution < -0.4 is 10.6 Å². The molecule has 0 unspecified atom stereocenters. The number of para-hydroxylation sites is 1. The van der Waals surface area contributed by atoms with Gasteiger partial charge in [-0.3, -0.25) is 4.79 Å². The van der Waals surface area contributed by atoms with Crippen molar-refractivity contribution in [2.75, 3.05) is 16.9 Å². The molecule has 0 aliphatic carbocycles. The summed E-state index contributed by atoms with van der Waals surface area (Å²) < 4.78 is 0. The van der Waals surface area contributed by atoms with Crippen molar-refractivity contribution in [1.82, 2.24) is 0 Å². The van der Waals surface area contributed by atoms with Gasteiger partial charge in [0, 0.05) is 29.7 Å². The molecule has 0 aromatic heterocycles. The SMILES string of the molecule is CSc1ccc(NCc2ccccc2NC(C)=O)cc1. The summed E-state index contributed by atoms with van der Waals surface area (Å²) in [6.45, 7) is 2.19. The van der Waals surface area contributed by atoms with E-state index in [0.717, 1.165) is 16.9 Å². The average Bonchev–Trinajstić information content (AvgIpc) is 2.46. The summed E-state index contributed by atoms with van der Waals surface area (Å²) in [5.74, 6) is -0.0539. The van der Waals surface area contributed by atoms with Crippen molar-refractivity contribution >= 4 is 29.0 Å². The first-order chi connectivity index (χ1) is 9.69. The van der Waals surface area contributed by atoms with Crippen molar-refractivity contribution < 1.29 is 4.79 Å². The molecule has 0 radical (unpaired) electrons. The molecule has 104 valence electrons. The van der Waals surface area contributed by atoms with Gasteiger partial charge in [0.2, 0.25) is 5.91 Å². The van der Waals surface area contributed by atoms with Gasteiger partial charge in [-0.25, -0.2) is 0 Å². The second-order valence-corrected chi connectivity index (χ2v) is 5.30. The van der Waals surface area contributed by atoms with Crippen LogP contribution in [0.25, 0.3) is 0 Å². The number of hydrogen-bond acceptors (Lipinski definition) is 3. The van der Waals surface area contributed by atoms with Crippen LogP contribution in [-0.4, -0.2) is 12.2 Å². The zero-order valence-corrected chi connectivity index (χ0v) is 12.5. The third kappa shape index (κ3) is 4.03. The lowest BCUT2D eigenvalue weighted by molar-refractivity contribution is -0.114. The van der Waals surface area contributed by atoms with Crippen LogP contribution in [0.4, 0.5) is 11.4 Å². The minimum absolute atomic E-state index is 0.0539. The van der Waals surface area contributed by atoms with E-state index >= 15 is 0 Å². The summed E-state index contributed by atoms with van der Waals surface area (Å²) in [5.41, 5.74) is 2.99. The zero-order chi connectivity index (χ0) is 14.4. The number of benzene rings is 2. The molecular weight excluding hydrogens is 268 g/mol. The molecule has 0 heterocycles. The first kappa shape index (κ1) is 14.5. The third-order valence-electron chi connectivity index (χ3n) is 2.90. The number of rotatable bonds is 5. The van der Waals surface area contributed by atoms with E-state index in [-0.39, 0.29) is 5.91 Å². The normalized spacial score (nSPS) is 10.1. The quantitative estimate of drug-likeness (QED) is 0.817. The molecule has 0 bridgehead atoms. The summed E-state index contributed by atoms with van der Waals surface area (Å²) >= 11 is 1.73. The molecule has 1 amide bonds. The maximum Gasteiger partial charge on any atom is 0.221 e. The summed E-state index contributed by atoms with van der Waals surface area (Å²) in [6.07, 6.45) is 2.06. The van der Waals surface area contributed by atoms with Gasteiger partial charge in [0.1, 0.15) is 0 Å². The highest BCUT2D eigenvalue weighted by atomic mass is 32.2. The minimum atomic E-state index is -0.0539. The average molecular weight is 286 g/mol. The van der Waals surface area contributed by atoms with E-state index in [1.165, 1.54) is 11.8 Å². The maximum atomic E-state index is 11.2. The molecule has 3 nitrogen and oxygen atoms in total. The van der Waals surface area contributed by atoms with Crippen LogP contribution in [0, 0.1) is 0 Å². The van der Waals surface area contributed by atoms with E-state index in [1.807, 2.05) is 24.3 Å². The largest absolute Gasteiger partial charge is 0.381 e. The first-order valence-electron chi connectivity index (χ1n) is 6.42. The van der Waals surface area contributed by atoms with E-state index in [9.17, 15) is 4.79 Å². The second-order valence-electron chi connectivity index (χ2n) is 4.42. The Bertz CT molecular complexity index is 581. The Morgan fingerprint density at radius 1 is 1.10 bits per heavy atom. The van der Waals surface area contributed by atoms with Crippen LogP contribution in [0.5, 0.6) is 0 Å². The van der Waals surface area contributed by atoms with Gasteiger partial charge in [-0.1, -0.05) is 18.2 Å². The molecule has 2 N–H and O–H groups in total. The molecule has 0 aliphatic rings. The van der Waals surface area contributed by atoms with E-state index in [4.69, 9.17) is 0 Å². The lowest BCUT2D eigenvalue weighted by Gasteiger charge is -2.12. The highest BCUT2D eigenvalue weighted by molar-refractivity contribution is 7.98. The van der Waals surface area contributed by atoms with Crippen molar-refractivity contribution in [1.29, 1.82) is 0 Å². The zero-order valence-electron chi connectivity index (χ0n) is 11.6. The monoisotopic (exact) mass is 286 g/mol. The fourth-order valence-electron chi connectivity index (χ4n) is 1.89. The lowest BCUT2D eigenvalue weighted by Crippen LogP contribution is -2.10. The van der Waals surface area contributed by atoms with Gasteiger partial charge in [-0.15, -0.1) is 11.8 Å². The van der Waals surface area contributed by atoms with Crippen LogP contribution in [0.1, 0.15) is 12.5 Å². The Balaban J connectivity index is 2.04. The Labute approximate surface area is 123 Å². The minimum Gasteiger partial charge on any atom is -0.381 e. The molecule has 2 aromatic carbocycles. The van der Waals surface area contributed by atoms with Crippen LogP contribution >= 0.6 is 11.8 Å². The Morgan fingerprint density at radius 2 is 1.80 bits per heavy atom. The number of carbonyl (C=O) groups is 1. The lowest BCUT2D eigenvalue weighted by atomic mass is 10.1. The van der Waals surface area contributed by atoms with Crippen molar-refractivity contribution in [3.05, 3.63) is 54.1 Å². The molecule has 20 heavy (non-hydrogen) atoms. The number of hydrogen-bond donors (Lipinski definition) is 2. The Hall–Kier alpha value is -1.94. The van der Waals surface area contributed by atoms with Crippen LogP contribution in [0.3, 0.4) is 0 Å².